The summed E-state index contributed by atoms with van der Waals surface area (Å²) >= 11 is 0. The highest BCUT2D eigenvalue weighted by atomic mass is 28.3. The summed E-state index contributed by atoms with van der Waals surface area (Å²) in [4.78, 5) is 0. The molecule has 10 heavy (non-hydrogen) atoms. The Morgan fingerprint density at radius 1 is 1.00 bits per heavy atom. The fourth-order valence-electron chi connectivity index (χ4n) is 1.60. The Morgan fingerprint density at radius 3 is 1.70 bits per heavy atom. The second kappa shape index (κ2) is 2.37. The van der Waals surface area contributed by atoms with Gasteiger partial charge in [0, 0.05) is 8.07 Å². The largest absolute Gasteiger partial charge is 0.0693 e. The van der Waals surface area contributed by atoms with Gasteiger partial charge in [-0.25, -0.2) is 0 Å². The Labute approximate surface area is 66.0 Å². The molecule has 0 aromatic rings. The molecule has 0 N–H and O–H groups in total. The van der Waals surface area contributed by atoms with Crippen molar-refractivity contribution in [3.63, 3.8) is 0 Å². The normalized spacial score (nSPS) is 30.0. The van der Waals surface area contributed by atoms with Gasteiger partial charge in [0.05, 0.1) is 0 Å². The molecule has 1 saturated heterocycles. The lowest BCUT2D eigenvalue weighted by Crippen LogP contribution is -2.34. The monoisotopic (exact) mass is 156 g/mol. The highest BCUT2D eigenvalue weighted by molar-refractivity contribution is 6.77. The van der Waals surface area contributed by atoms with Gasteiger partial charge in [-0.3, -0.25) is 0 Å². The molecule has 0 nitrogen and oxygen atoms in total. The Kier molecular flexibility index (Phi) is 1.97. The molecule has 0 radical (unpaired) electrons. The molecule has 0 unspecified atom stereocenters. The molecule has 0 aromatic carbocycles. The summed E-state index contributed by atoms with van der Waals surface area (Å²) in [6.45, 7) is 9.89. The van der Waals surface area contributed by atoms with Crippen LogP contribution in [0.3, 0.4) is 0 Å². The molecule has 0 amide bonds. The maximum absolute atomic E-state index is 2.53. The van der Waals surface area contributed by atoms with Gasteiger partial charge in [-0.1, -0.05) is 51.9 Å². The summed E-state index contributed by atoms with van der Waals surface area (Å²) in [5.74, 6) is 0. The molecule has 1 aliphatic heterocycles. The van der Waals surface area contributed by atoms with Crippen LogP contribution in [-0.4, -0.2) is 8.07 Å². The Hall–Kier alpha value is 0.217. The lowest BCUT2D eigenvalue weighted by Gasteiger charge is -2.37. The number of hydrogen-bond acceptors (Lipinski definition) is 0. The van der Waals surface area contributed by atoms with Crippen LogP contribution in [0.2, 0.25) is 25.2 Å². The topological polar surface area (TPSA) is 0 Å². The molecule has 0 bridgehead atoms. The van der Waals surface area contributed by atoms with Crippen LogP contribution in [0.1, 0.15) is 26.7 Å². The zero-order chi connectivity index (χ0) is 7.83. The summed E-state index contributed by atoms with van der Waals surface area (Å²) in [5.41, 5.74) is 0.669. The first-order chi connectivity index (χ1) is 4.41. The van der Waals surface area contributed by atoms with Crippen molar-refractivity contribution in [1.29, 1.82) is 0 Å². The highest BCUT2D eigenvalue weighted by Gasteiger charge is 2.32. The van der Waals surface area contributed by atoms with Crippen LogP contribution in [0, 0.1) is 5.41 Å². The summed E-state index contributed by atoms with van der Waals surface area (Å²) in [6, 6.07) is 3.11. The maximum atomic E-state index is 2.53. The molecular formula is C9H20Si. The second-order valence-electron chi connectivity index (χ2n) is 5.33. The number of rotatable bonds is 0. The minimum absolute atomic E-state index is 0.669. The standard InChI is InChI=1S/C9H20Si/c1-9(2)5-7-10(3,4)8-6-9/h5-8H2,1-4H3. The molecule has 1 fully saturated rings. The van der Waals surface area contributed by atoms with E-state index in [0.717, 1.165) is 0 Å². The van der Waals surface area contributed by atoms with E-state index in [-0.39, 0.29) is 0 Å². The second-order valence-corrected chi connectivity index (χ2v) is 10.7. The van der Waals surface area contributed by atoms with Crippen molar-refractivity contribution in [2.75, 3.05) is 0 Å². The SMILES string of the molecule is CC1(C)CC[Si](C)(C)CC1. The average Bonchev–Trinajstić information content (AvgIpc) is 1.79. The van der Waals surface area contributed by atoms with Crippen LogP contribution in [0.15, 0.2) is 0 Å². The van der Waals surface area contributed by atoms with Gasteiger partial charge in [-0.15, -0.1) is 0 Å². The van der Waals surface area contributed by atoms with E-state index in [4.69, 9.17) is 0 Å². The van der Waals surface area contributed by atoms with Gasteiger partial charge in [0.25, 0.3) is 0 Å². The summed E-state index contributed by atoms with van der Waals surface area (Å²) in [7, 11) is -0.679. The first-order valence-electron chi connectivity index (χ1n) is 4.41. The minimum Gasteiger partial charge on any atom is -0.0693 e. The smallest absolute Gasteiger partial charge is 0.0474 e. The van der Waals surface area contributed by atoms with Crippen LogP contribution in [0.25, 0.3) is 0 Å². The van der Waals surface area contributed by atoms with Crippen LogP contribution in [0.5, 0.6) is 0 Å². The van der Waals surface area contributed by atoms with Gasteiger partial charge in [0.2, 0.25) is 0 Å². The minimum atomic E-state index is -0.679. The van der Waals surface area contributed by atoms with Crippen molar-refractivity contribution in [2.45, 2.75) is 51.9 Å². The number of hydrogen-bond donors (Lipinski definition) is 0. The van der Waals surface area contributed by atoms with Gasteiger partial charge in [-0.2, -0.15) is 0 Å². The van der Waals surface area contributed by atoms with Crippen LogP contribution >= 0.6 is 0 Å². The molecule has 0 aliphatic carbocycles. The van der Waals surface area contributed by atoms with Gasteiger partial charge in [0.1, 0.15) is 0 Å². The zero-order valence-corrected chi connectivity index (χ0v) is 8.83. The van der Waals surface area contributed by atoms with Gasteiger partial charge in [0.15, 0.2) is 0 Å². The van der Waals surface area contributed by atoms with E-state index in [0.29, 0.717) is 5.41 Å². The molecule has 0 atom stereocenters. The molecule has 0 saturated carbocycles. The fourth-order valence-corrected chi connectivity index (χ4v) is 4.56. The summed E-state index contributed by atoms with van der Waals surface area (Å²) in [6.07, 6.45) is 2.96. The fraction of sp³-hybridized carbons (Fsp3) is 1.00. The third-order valence-corrected chi connectivity index (χ3v) is 6.16. The lowest BCUT2D eigenvalue weighted by atomic mass is 9.87. The van der Waals surface area contributed by atoms with E-state index in [1.807, 2.05) is 0 Å². The molecule has 1 heterocycles. The third kappa shape index (κ3) is 2.12. The highest BCUT2D eigenvalue weighted by Crippen LogP contribution is 2.40. The molecular weight excluding hydrogens is 136 g/mol. The molecule has 60 valence electrons. The summed E-state index contributed by atoms with van der Waals surface area (Å²) in [5, 5.41) is 0. The van der Waals surface area contributed by atoms with Crippen LogP contribution < -0.4 is 0 Å². The lowest BCUT2D eigenvalue weighted by molar-refractivity contribution is 0.320. The van der Waals surface area contributed by atoms with Crippen molar-refractivity contribution in [1.82, 2.24) is 0 Å². The molecule has 0 aromatic heterocycles. The van der Waals surface area contributed by atoms with Crippen molar-refractivity contribution < 1.29 is 0 Å². The molecule has 1 aliphatic rings. The van der Waals surface area contributed by atoms with Gasteiger partial charge in [-0.05, 0) is 5.41 Å². The van der Waals surface area contributed by atoms with Gasteiger partial charge < -0.3 is 0 Å². The van der Waals surface area contributed by atoms with Crippen molar-refractivity contribution in [2.24, 2.45) is 5.41 Å². The zero-order valence-electron chi connectivity index (χ0n) is 7.83. The predicted molar refractivity (Wildman–Crippen MR) is 50.1 cm³/mol. The quantitative estimate of drug-likeness (QED) is 0.471. The first kappa shape index (κ1) is 8.31. The van der Waals surface area contributed by atoms with Gasteiger partial charge >= 0.3 is 0 Å². The molecule has 1 heteroatoms. The van der Waals surface area contributed by atoms with E-state index in [1.165, 1.54) is 12.8 Å². The van der Waals surface area contributed by atoms with E-state index >= 15 is 0 Å². The predicted octanol–water partition coefficient (Wildman–Crippen LogP) is 3.51. The first-order valence-corrected chi connectivity index (χ1v) is 7.83. The Balaban J connectivity index is 2.46. The van der Waals surface area contributed by atoms with Crippen LogP contribution in [0.4, 0.5) is 0 Å². The maximum Gasteiger partial charge on any atom is 0.0474 e. The Morgan fingerprint density at radius 2 is 1.40 bits per heavy atom. The van der Waals surface area contributed by atoms with E-state index in [9.17, 15) is 0 Å². The van der Waals surface area contributed by atoms with Crippen molar-refractivity contribution in [3.8, 4) is 0 Å². The van der Waals surface area contributed by atoms with Crippen molar-refractivity contribution >= 4 is 8.07 Å². The molecule has 1 rings (SSSR count). The average molecular weight is 156 g/mol. The van der Waals surface area contributed by atoms with E-state index < -0.39 is 8.07 Å². The van der Waals surface area contributed by atoms with Crippen LogP contribution in [-0.2, 0) is 0 Å². The summed E-state index contributed by atoms with van der Waals surface area (Å²) < 4.78 is 0. The molecule has 0 spiro atoms. The Bertz CT molecular complexity index is 96.7. The van der Waals surface area contributed by atoms with E-state index in [2.05, 4.69) is 26.9 Å². The third-order valence-electron chi connectivity index (χ3n) is 2.96. The van der Waals surface area contributed by atoms with Crippen molar-refractivity contribution in [3.05, 3.63) is 0 Å². The van der Waals surface area contributed by atoms with E-state index in [1.54, 1.807) is 12.1 Å².